The molecule has 0 bridgehead atoms. The number of likely N-dealkylation sites (N-methyl/N-ethyl adjacent to an activating group) is 1. The SMILES string of the molecule is CN(C)CCNC(=O)c1cccc(CNC(=O)[C@@H]2CC[C@H](CN)O2)c1. The van der Waals surface area contributed by atoms with Crippen molar-refractivity contribution in [2.75, 3.05) is 33.7 Å². The van der Waals surface area contributed by atoms with Gasteiger partial charge in [-0.2, -0.15) is 0 Å². The van der Waals surface area contributed by atoms with Gasteiger partial charge in [0.05, 0.1) is 6.10 Å². The number of hydrogen-bond donors (Lipinski definition) is 3. The molecular formula is C18H28N4O3. The number of nitrogens with one attached hydrogen (secondary N) is 2. The predicted octanol–water partition coefficient (Wildman–Crippen LogP) is 0.101. The minimum atomic E-state index is -0.425. The van der Waals surface area contributed by atoms with Crippen LogP contribution in [0.2, 0.25) is 0 Å². The highest BCUT2D eigenvalue weighted by molar-refractivity contribution is 5.94. The van der Waals surface area contributed by atoms with Gasteiger partial charge in [0.2, 0.25) is 5.91 Å². The van der Waals surface area contributed by atoms with E-state index < -0.39 is 6.10 Å². The summed E-state index contributed by atoms with van der Waals surface area (Å²) in [6.45, 7) is 2.18. The Hall–Kier alpha value is -1.96. The summed E-state index contributed by atoms with van der Waals surface area (Å²) in [5.74, 6) is -0.239. The fraction of sp³-hybridized carbons (Fsp3) is 0.556. The molecule has 1 fully saturated rings. The number of benzene rings is 1. The van der Waals surface area contributed by atoms with E-state index in [1.54, 1.807) is 12.1 Å². The van der Waals surface area contributed by atoms with Crippen LogP contribution in [-0.4, -0.2) is 62.7 Å². The lowest BCUT2D eigenvalue weighted by Gasteiger charge is -2.13. The Bertz CT molecular complexity index is 591. The van der Waals surface area contributed by atoms with Crippen molar-refractivity contribution in [2.24, 2.45) is 5.73 Å². The van der Waals surface area contributed by atoms with Crippen molar-refractivity contribution < 1.29 is 14.3 Å². The van der Waals surface area contributed by atoms with E-state index in [2.05, 4.69) is 10.6 Å². The molecule has 7 nitrogen and oxygen atoms in total. The molecule has 1 aliphatic rings. The van der Waals surface area contributed by atoms with Crippen LogP contribution in [-0.2, 0) is 16.1 Å². The maximum atomic E-state index is 12.1. The molecule has 2 atom stereocenters. The second kappa shape index (κ2) is 9.50. The van der Waals surface area contributed by atoms with Crippen LogP contribution in [0.1, 0.15) is 28.8 Å². The lowest BCUT2D eigenvalue weighted by Crippen LogP contribution is -2.35. The molecule has 1 heterocycles. The molecule has 1 saturated heterocycles. The Kier molecular flexibility index (Phi) is 7.36. The molecule has 0 saturated carbocycles. The van der Waals surface area contributed by atoms with Crippen molar-refractivity contribution in [3.8, 4) is 0 Å². The highest BCUT2D eigenvalue weighted by Crippen LogP contribution is 2.19. The zero-order chi connectivity index (χ0) is 18.2. The molecular weight excluding hydrogens is 320 g/mol. The summed E-state index contributed by atoms with van der Waals surface area (Å²) < 4.78 is 5.58. The first-order valence-electron chi connectivity index (χ1n) is 8.64. The van der Waals surface area contributed by atoms with E-state index in [1.165, 1.54) is 0 Å². The molecule has 2 amide bonds. The van der Waals surface area contributed by atoms with Gasteiger partial charge >= 0.3 is 0 Å². The van der Waals surface area contributed by atoms with Crippen LogP contribution in [0, 0.1) is 0 Å². The summed E-state index contributed by atoms with van der Waals surface area (Å²) >= 11 is 0. The number of carbonyl (C=O) groups excluding carboxylic acids is 2. The van der Waals surface area contributed by atoms with Gasteiger partial charge in [-0.15, -0.1) is 0 Å². The topological polar surface area (TPSA) is 96.7 Å². The van der Waals surface area contributed by atoms with Crippen molar-refractivity contribution in [3.05, 3.63) is 35.4 Å². The number of rotatable bonds is 8. The lowest BCUT2D eigenvalue weighted by molar-refractivity contribution is -0.132. The van der Waals surface area contributed by atoms with Gasteiger partial charge in [0.15, 0.2) is 0 Å². The largest absolute Gasteiger partial charge is 0.364 e. The van der Waals surface area contributed by atoms with E-state index in [-0.39, 0.29) is 17.9 Å². The number of carbonyl (C=O) groups is 2. The Morgan fingerprint density at radius 2 is 2.08 bits per heavy atom. The molecule has 0 spiro atoms. The zero-order valence-corrected chi connectivity index (χ0v) is 15.0. The highest BCUT2D eigenvalue weighted by Gasteiger charge is 2.29. The Labute approximate surface area is 148 Å². The lowest BCUT2D eigenvalue weighted by atomic mass is 10.1. The second-order valence-electron chi connectivity index (χ2n) is 6.54. The quantitative estimate of drug-likeness (QED) is 0.619. The molecule has 1 aromatic carbocycles. The third kappa shape index (κ3) is 6.12. The van der Waals surface area contributed by atoms with Gasteiger partial charge in [-0.3, -0.25) is 9.59 Å². The van der Waals surface area contributed by atoms with Gasteiger partial charge in [0, 0.05) is 31.7 Å². The molecule has 138 valence electrons. The first kappa shape index (κ1) is 19.4. The molecule has 0 aliphatic carbocycles. The fourth-order valence-corrected chi connectivity index (χ4v) is 2.69. The number of nitrogens with zero attached hydrogens (tertiary/aromatic N) is 1. The number of amides is 2. The summed E-state index contributed by atoms with van der Waals surface area (Å²) in [6.07, 6.45) is 1.06. The molecule has 0 unspecified atom stereocenters. The summed E-state index contributed by atoms with van der Waals surface area (Å²) in [7, 11) is 3.92. The third-order valence-electron chi connectivity index (χ3n) is 4.16. The third-order valence-corrected chi connectivity index (χ3v) is 4.16. The minimum absolute atomic E-state index is 0.0232. The van der Waals surface area contributed by atoms with E-state index in [1.807, 2.05) is 31.1 Å². The Morgan fingerprint density at radius 3 is 2.76 bits per heavy atom. The second-order valence-corrected chi connectivity index (χ2v) is 6.54. The maximum absolute atomic E-state index is 12.1. The van der Waals surface area contributed by atoms with Crippen molar-refractivity contribution in [2.45, 2.75) is 31.6 Å². The van der Waals surface area contributed by atoms with E-state index in [0.717, 1.165) is 18.5 Å². The van der Waals surface area contributed by atoms with Crippen molar-refractivity contribution in [3.63, 3.8) is 0 Å². The fourth-order valence-electron chi connectivity index (χ4n) is 2.69. The number of ether oxygens (including phenoxy) is 1. The standard InChI is InChI=1S/C18H28N4O3/c1-22(2)9-8-20-17(23)14-5-3-4-13(10-14)12-21-18(24)16-7-6-15(11-19)25-16/h3-5,10,15-16H,6-9,11-12,19H2,1-2H3,(H,20,23)(H,21,24)/t15-,16+/m1/s1. The number of hydrogen-bond acceptors (Lipinski definition) is 5. The molecule has 1 aliphatic heterocycles. The maximum Gasteiger partial charge on any atom is 0.251 e. The first-order chi connectivity index (χ1) is 12.0. The van der Waals surface area contributed by atoms with E-state index >= 15 is 0 Å². The van der Waals surface area contributed by atoms with Crippen LogP contribution in [0.25, 0.3) is 0 Å². The number of nitrogens with two attached hydrogens (primary N) is 1. The average molecular weight is 348 g/mol. The molecule has 0 radical (unpaired) electrons. The van der Waals surface area contributed by atoms with Crippen molar-refractivity contribution in [1.29, 1.82) is 0 Å². The minimum Gasteiger partial charge on any atom is -0.364 e. The van der Waals surface area contributed by atoms with E-state index in [0.29, 0.717) is 31.6 Å². The van der Waals surface area contributed by atoms with Crippen LogP contribution in [0.5, 0.6) is 0 Å². The van der Waals surface area contributed by atoms with E-state index in [9.17, 15) is 9.59 Å². The van der Waals surface area contributed by atoms with Crippen molar-refractivity contribution >= 4 is 11.8 Å². The molecule has 0 aromatic heterocycles. The summed E-state index contributed by atoms with van der Waals surface area (Å²) in [4.78, 5) is 26.3. The van der Waals surface area contributed by atoms with Crippen LogP contribution in [0.15, 0.2) is 24.3 Å². The molecule has 2 rings (SSSR count). The molecule has 4 N–H and O–H groups in total. The van der Waals surface area contributed by atoms with Gasteiger partial charge < -0.3 is 26.0 Å². The smallest absolute Gasteiger partial charge is 0.251 e. The molecule has 7 heteroatoms. The summed E-state index contributed by atoms with van der Waals surface area (Å²) in [5, 5.41) is 5.75. The molecule has 1 aromatic rings. The summed E-state index contributed by atoms with van der Waals surface area (Å²) in [6, 6.07) is 7.26. The predicted molar refractivity (Wildman–Crippen MR) is 96.1 cm³/mol. The van der Waals surface area contributed by atoms with Crippen molar-refractivity contribution in [1.82, 2.24) is 15.5 Å². The van der Waals surface area contributed by atoms with Crippen LogP contribution >= 0.6 is 0 Å². The Morgan fingerprint density at radius 1 is 1.28 bits per heavy atom. The first-order valence-corrected chi connectivity index (χ1v) is 8.64. The normalized spacial score (nSPS) is 19.8. The van der Waals surface area contributed by atoms with Gasteiger partial charge in [0.1, 0.15) is 6.10 Å². The van der Waals surface area contributed by atoms with Crippen LogP contribution in [0.3, 0.4) is 0 Å². The van der Waals surface area contributed by atoms with Gasteiger partial charge in [-0.05, 0) is 44.6 Å². The van der Waals surface area contributed by atoms with Crippen LogP contribution < -0.4 is 16.4 Å². The molecule has 25 heavy (non-hydrogen) atoms. The summed E-state index contributed by atoms with van der Waals surface area (Å²) in [5.41, 5.74) is 7.03. The zero-order valence-electron chi connectivity index (χ0n) is 15.0. The van der Waals surface area contributed by atoms with E-state index in [4.69, 9.17) is 10.5 Å². The average Bonchev–Trinajstić information content (AvgIpc) is 3.09. The van der Waals surface area contributed by atoms with Gasteiger partial charge in [-0.1, -0.05) is 12.1 Å². The van der Waals surface area contributed by atoms with Gasteiger partial charge in [0.25, 0.3) is 5.91 Å². The highest BCUT2D eigenvalue weighted by atomic mass is 16.5. The monoisotopic (exact) mass is 348 g/mol. The van der Waals surface area contributed by atoms with Crippen LogP contribution in [0.4, 0.5) is 0 Å². The van der Waals surface area contributed by atoms with Gasteiger partial charge in [-0.25, -0.2) is 0 Å². The Balaban J connectivity index is 1.82.